The molecular weight excluding hydrogens is 299 g/mol. The number of anilines is 1. The molecule has 0 aliphatic heterocycles. The first-order valence-corrected chi connectivity index (χ1v) is 7.01. The van der Waals surface area contributed by atoms with E-state index in [9.17, 15) is 14.0 Å². The monoisotopic (exact) mass is 316 g/mol. The first kappa shape index (κ1) is 16.5. The fourth-order valence-corrected chi connectivity index (χ4v) is 2.01. The van der Waals surface area contributed by atoms with Crippen molar-refractivity contribution < 1.29 is 18.7 Å². The SMILES string of the molecule is COC(=O)c1ccc(NC(=O)NC(C)c2ccc(F)cc2)cc1. The van der Waals surface area contributed by atoms with E-state index >= 15 is 0 Å². The van der Waals surface area contributed by atoms with Crippen molar-refractivity contribution in [3.8, 4) is 0 Å². The third-order valence-electron chi connectivity index (χ3n) is 3.28. The molecule has 23 heavy (non-hydrogen) atoms. The van der Waals surface area contributed by atoms with Gasteiger partial charge in [-0.15, -0.1) is 0 Å². The number of benzene rings is 2. The van der Waals surface area contributed by atoms with Gasteiger partial charge in [-0.05, 0) is 48.9 Å². The van der Waals surface area contributed by atoms with Gasteiger partial charge in [-0.2, -0.15) is 0 Å². The van der Waals surface area contributed by atoms with Crippen LogP contribution < -0.4 is 10.6 Å². The van der Waals surface area contributed by atoms with E-state index in [0.717, 1.165) is 5.56 Å². The molecule has 0 radical (unpaired) electrons. The first-order chi connectivity index (χ1) is 11.0. The molecule has 2 amide bonds. The minimum atomic E-state index is -0.439. The normalized spacial score (nSPS) is 11.4. The Labute approximate surface area is 133 Å². The predicted octanol–water partition coefficient (Wildman–Crippen LogP) is 3.50. The Bertz CT molecular complexity index is 684. The minimum Gasteiger partial charge on any atom is -0.465 e. The van der Waals surface area contributed by atoms with Gasteiger partial charge in [-0.3, -0.25) is 0 Å². The smallest absolute Gasteiger partial charge is 0.337 e. The molecule has 1 atom stereocenters. The number of rotatable bonds is 4. The molecule has 6 heteroatoms. The van der Waals surface area contributed by atoms with Gasteiger partial charge in [-0.25, -0.2) is 14.0 Å². The second-order valence-corrected chi connectivity index (χ2v) is 4.94. The van der Waals surface area contributed by atoms with Crippen molar-refractivity contribution in [3.63, 3.8) is 0 Å². The largest absolute Gasteiger partial charge is 0.465 e. The van der Waals surface area contributed by atoms with E-state index in [4.69, 9.17) is 0 Å². The van der Waals surface area contributed by atoms with Crippen LogP contribution in [0, 0.1) is 5.82 Å². The summed E-state index contributed by atoms with van der Waals surface area (Å²) < 4.78 is 17.5. The molecule has 5 nitrogen and oxygen atoms in total. The van der Waals surface area contributed by atoms with E-state index in [2.05, 4.69) is 15.4 Å². The van der Waals surface area contributed by atoms with Gasteiger partial charge >= 0.3 is 12.0 Å². The highest BCUT2D eigenvalue weighted by Gasteiger charge is 2.10. The Balaban J connectivity index is 1.93. The van der Waals surface area contributed by atoms with Crippen LogP contribution in [0.3, 0.4) is 0 Å². The summed E-state index contributed by atoms with van der Waals surface area (Å²) in [4.78, 5) is 23.3. The van der Waals surface area contributed by atoms with Crippen molar-refractivity contribution in [2.45, 2.75) is 13.0 Å². The van der Waals surface area contributed by atoms with Crippen LogP contribution in [0.1, 0.15) is 28.9 Å². The molecule has 0 fully saturated rings. The quantitative estimate of drug-likeness (QED) is 0.848. The molecule has 0 aromatic heterocycles. The number of hydrogen-bond acceptors (Lipinski definition) is 3. The molecule has 1 unspecified atom stereocenters. The summed E-state index contributed by atoms with van der Waals surface area (Å²) in [5.41, 5.74) is 1.74. The van der Waals surface area contributed by atoms with Crippen LogP contribution in [0.5, 0.6) is 0 Å². The number of amides is 2. The van der Waals surface area contributed by atoms with Gasteiger partial charge in [0.1, 0.15) is 5.82 Å². The summed E-state index contributed by atoms with van der Waals surface area (Å²) in [6.07, 6.45) is 0. The number of urea groups is 1. The lowest BCUT2D eigenvalue weighted by atomic mass is 10.1. The lowest BCUT2D eigenvalue weighted by Crippen LogP contribution is -2.31. The predicted molar refractivity (Wildman–Crippen MR) is 84.8 cm³/mol. The molecule has 0 saturated carbocycles. The number of carbonyl (C=O) groups excluding carboxylic acids is 2. The molecule has 0 aliphatic rings. The number of halogens is 1. The van der Waals surface area contributed by atoms with E-state index in [1.54, 1.807) is 43.3 Å². The maximum Gasteiger partial charge on any atom is 0.337 e. The van der Waals surface area contributed by atoms with Gasteiger partial charge in [0.2, 0.25) is 0 Å². The highest BCUT2D eigenvalue weighted by molar-refractivity contribution is 5.92. The second kappa shape index (κ2) is 7.40. The Hall–Kier alpha value is -2.89. The van der Waals surface area contributed by atoms with Crippen LogP contribution in [-0.4, -0.2) is 19.1 Å². The van der Waals surface area contributed by atoms with Crippen LogP contribution in [-0.2, 0) is 4.74 Å². The van der Waals surface area contributed by atoms with Gasteiger partial charge in [-0.1, -0.05) is 12.1 Å². The zero-order valence-corrected chi connectivity index (χ0v) is 12.8. The summed E-state index contributed by atoms with van der Waals surface area (Å²) in [6, 6.07) is 11.6. The number of esters is 1. The Morgan fingerprint density at radius 3 is 2.22 bits per heavy atom. The number of ether oxygens (including phenoxy) is 1. The summed E-state index contributed by atoms with van der Waals surface area (Å²) in [5, 5.41) is 5.41. The first-order valence-electron chi connectivity index (χ1n) is 7.01. The third-order valence-corrected chi connectivity index (χ3v) is 3.28. The number of nitrogens with one attached hydrogen (secondary N) is 2. The average Bonchev–Trinajstić information content (AvgIpc) is 2.55. The molecule has 2 aromatic carbocycles. The minimum absolute atomic E-state index is 0.273. The average molecular weight is 316 g/mol. The van der Waals surface area contributed by atoms with Gasteiger partial charge < -0.3 is 15.4 Å². The lowest BCUT2D eigenvalue weighted by Gasteiger charge is -2.15. The van der Waals surface area contributed by atoms with Gasteiger partial charge in [0.15, 0.2) is 0 Å². The molecule has 2 aromatic rings. The van der Waals surface area contributed by atoms with Crippen molar-refractivity contribution in [2.24, 2.45) is 0 Å². The molecular formula is C17H17FN2O3. The Morgan fingerprint density at radius 1 is 1.04 bits per heavy atom. The summed E-state index contributed by atoms with van der Waals surface area (Å²) in [5.74, 6) is -0.762. The zero-order chi connectivity index (χ0) is 16.8. The van der Waals surface area contributed by atoms with Gasteiger partial charge in [0, 0.05) is 5.69 Å². The fourth-order valence-electron chi connectivity index (χ4n) is 2.01. The van der Waals surface area contributed by atoms with Crippen LogP contribution in [0.15, 0.2) is 48.5 Å². The highest BCUT2D eigenvalue weighted by Crippen LogP contribution is 2.14. The van der Waals surface area contributed by atoms with Crippen molar-refractivity contribution in [1.82, 2.24) is 5.32 Å². The van der Waals surface area contributed by atoms with E-state index in [1.165, 1.54) is 19.2 Å². The lowest BCUT2D eigenvalue weighted by molar-refractivity contribution is 0.0600. The number of carbonyl (C=O) groups is 2. The summed E-state index contributed by atoms with van der Waals surface area (Å²) >= 11 is 0. The zero-order valence-electron chi connectivity index (χ0n) is 12.8. The van der Waals surface area contributed by atoms with Crippen LogP contribution in [0.25, 0.3) is 0 Å². The second-order valence-electron chi connectivity index (χ2n) is 4.94. The molecule has 0 spiro atoms. The molecule has 0 saturated heterocycles. The molecule has 0 heterocycles. The van der Waals surface area contributed by atoms with Crippen molar-refractivity contribution >= 4 is 17.7 Å². The van der Waals surface area contributed by atoms with E-state index < -0.39 is 12.0 Å². The van der Waals surface area contributed by atoms with Gasteiger partial charge in [0.25, 0.3) is 0 Å². The molecule has 0 bridgehead atoms. The number of hydrogen-bond donors (Lipinski definition) is 2. The van der Waals surface area contributed by atoms with E-state index in [0.29, 0.717) is 11.3 Å². The maximum absolute atomic E-state index is 12.9. The van der Waals surface area contributed by atoms with Crippen molar-refractivity contribution in [3.05, 3.63) is 65.5 Å². The number of methoxy groups -OCH3 is 1. The third kappa shape index (κ3) is 4.54. The molecule has 120 valence electrons. The van der Waals surface area contributed by atoms with Crippen LogP contribution in [0.4, 0.5) is 14.9 Å². The summed E-state index contributed by atoms with van der Waals surface area (Å²) in [6.45, 7) is 1.80. The molecule has 0 aliphatic carbocycles. The fraction of sp³-hybridized carbons (Fsp3) is 0.176. The highest BCUT2D eigenvalue weighted by atomic mass is 19.1. The van der Waals surface area contributed by atoms with E-state index in [1.807, 2.05) is 0 Å². The molecule has 2 N–H and O–H groups in total. The van der Waals surface area contributed by atoms with Crippen molar-refractivity contribution in [1.29, 1.82) is 0 Å². The van der Waals surface area contributed by atoms with Crippen molar-refractivity contribution in [2.75, 3.05) is 12.4 Å². The standard InChI is InChI=1S/C17H17FN2O3/c1-11(12-3-7-14(18)8-4-12)19-17(22)20-15-9-5-13(6-10-15)16(21)23-2/h3-11H,1-2H3,(H2,19,20,22). The van der Waals surface area contributed by atoms with Gasteiger partial charge in [0.05, 0.1) is 18.7 Å². The molecule has 2 rings (SSSR count). The van der Waals surface area contributed by atoms with Crippen LogP contribution in [0.2, 0.25) is 0 Å². The topological polar surface area (TPSA) is 67.4 Å². The Morgan fingerprint density at radius 2 is 1.65 bits per heavy atom. The maximum atomic E-state index is 12.9. The van der Waals surface area contributed by atoms with E-state index in [-0.39, 0.29) is 11.9 Å². The summed E-state index contributed by atoms with van der Waals surface area (Å²) in [7, 11) is 1.30. The van der Waals surface area contributed by atoms with Crippen LogP contribution >= 0.6 is 0 Å². The Kier molecular flexibility index (Phi) is 5.30.